The fraction of sp³-hybridized carbons (Fsp3) is 0.364. The van der Waals surface area contributed by atoms with Gasteiger partial charge in [-0.25, -0.2) is 0 Å². The summed E-state index contributed by atoms with van der Waals surface area (Å²) in [5.41, 5.74) is 3.39. The molecule has 2 aliphatic heterocycles. The third-order valence-electron chi connectivity index (χ3n) is 6.13. The van der Waals surface area contributed by atoms with Gasteiger partial charge in [0.25, 0.3) is 5.69 Å². The molecule has 1 saturated heterocycles. The Balaban J connectivity index is 1.64. The maximum absolute atomic E-state index is 11.0. The first-order valence-electron chi connectivity index (χ1n) is 9.69. The van der Waals surface area contributed by atoms with Crippen molar-refractivity contribution < 1.29 is 14.1 Å². The molecular weight excluding hydrogens is 356 g/mol. The van der Waals surface area contributed by atoms with Crippen LogP contribution in [-0.2, 0) is 11.2 Å². The van der Waals surface area contributed by atoms with Crippen LogP contribution in [0.3, 0.4) is 0 Å². The van der Waals surface area contributed by atoms with Crippen LogP contribution in [0.2, 0.25) is 0 Å². The Morgan fingerprint density at radius 3 is 2.75 bits per heavy atom. The van der Waals surface area contributed by atoms with E-state index in [0.717, 1.165) is 36.7 Å². The van der Waals surface area contributed by atoms with Crippen molar-refractivity contribution in [3.05, 3.63) is 75.6 Å². The van der Waals surface area contributed by atoms with Crippen molar-refractivity contribution in [1.29, 1.82) is 0 Å². The molecule has 0 spiro atoms. The van der Waals surface area contributed by atoms with Crippen molar-refractivity contribution in [1.82, 2.24) is 4.90 Å². The molecule has 3 aliphatic rings. The van der Waals surface area contributed by atoms with Gasteiger partial charge in [-0.3, -0.25) is 15.0 Å². The average Bonchev–Trinajstić information content (AvgIpc) is 2.96. The highest BCUT2D eigenvalue weighted by atomic mass is 16.6. The Labute approximate surface area is 163 Å². The first-order valence-corrected chi connectivity index (χ1v) is 9.69. The Bertz CT molecular complexity index is 973. The summed E-state index contributed by atoms with van der Waals surface area (Å²) < 4.78 is 12.1. The van der Waals surface area contributed by atoms with Crippen LogP contribution in [-0.4, -0.2) is 35.6 Å². The Morgan fingerprint density at radius 1 is 1.18 bits per heavy atom. The summed E-state index contributed by atoms with van der Waals surface area (Å²) in [4.78, 5) is 13.2. The van der Waals surface area contributed by atoms with Gasteiger partial charge in [-0.2, -0.15) is 0 Å². The second-order valence-corrected chi connectivity index (χ2v) is 7.64. The smallest absolute Gasteiger partial charge is 0.269 e. The van der Waals surface area contributed by atoms with Crippen LogP contribution in [0.1, 0.15) is 22.9 Å². The number of allylic oxidation sites excluding steroid dienone is 2. The van der Waals surface area contributed by atoms with E-state index in [1.54, 1.807) is 12.1 Å². The first kappa shape index (κ1) is 17.4. The van der Waals surface area contributed by atoms with Gasteiger partial charge in [0.1, 0.15) is 11.5 Å². The van der Waals surface area contributed by atoms with Gasteiger partial charge in [0.15, 0.2) is 0 Å². The number of nitro groups is 1. The molecule has 1 aliphatic carbocycles. The van der Waals surface area contributed by atoms with E-state index in [4.69, 9.17) is 9.15 Å². The van der Waals surface area contributed by atoms with Crippen molar-refractivity contribution in [2.45, 2.75) is 25.4 Å². The lowest BCUT2D eigenvalue weighted by Crippen LogP contribution is -2.47. The van der Waals surface area contributed by atoms with Crippen molar-refractivity contribution in [2.24, 2.45) is 5.92 Å². The third-order valence-corrected chi connectivity index (χ3v) is 6.13. The molecule has 5 rings (SSSR count). The third kappa shape index (κ3) is 2.72. The summed E-state index contributed by atoms with van der Waals surface area (Å²) in [6.45, 7) is 4.26. The lowest BCUT2D eigenvalue weighted by molar-refractivity contribution is -0.384. The molecule has 6 nitrogen and oxygen atoms in total. The fourth-order valence-electron chi connectivity index (χ4n) is 4.80. The van der Waals surface area contributed by atoms with E-state index in [2.05, 4.69) is 29.2 Å². The second-order valence-electron chi connectivity index (χ2n) is 7.64. The first-order chi connectivity index (χ1) is 13.6. The van der Waals surface area contributed by atoms with Crippen molar-refractivity contribution in [2.75, 3.05) is 19.8 Å². The average molecular weight is 378 g/mol. The highest BCUT2D eigenvalue weighted by Gasteiger charge is 2.41. The van der Waals surface area contributed by atoms with E-state index >= 15 is 0 Å². The van der Waals surface area contributed by atoms with E-state index in [9.17, 15) is 10.1 Å². The van der Waals surface area contributed by atoms with E-state index < -0.39 is 0 Å². The summed E-state index contributed by atoms with van der Waals surface area (Å²) in [5, 5.41) is 11.0. The van der Waals surface area contributed by atoms with Crippen molar-refractivity contribution in [3.63, 3.8) is 0 Å². The molecular formula is C22H22N2O4. The Morgan fingerprint density at radius 2 is 1.96 bits per heavy atom. The molecule has 144 valence electrons. The molecule has 0 saturated carbocycles. The standard InChI is InChI=1S/C22H22N2O4/c1-14-18-12-16-4-2-3-5-19(16)23-10-11-27-13-20(23)21(18)22(28-14)15-6-8-17(9-7-15)24(25)26/h2-9,16,19-20H,10-13H2,1H3/t16?,19?,20-/m0/s1. The summed E-state index contributed by atoms with van der Waals surface area (Å²) in [6.07, 6.45) is 9.79. The quantitative estimate of drug-likeness (QED) is 0.579. The number of fused-ring (bicyclic) bond motifs is 5. The normalized spacial score (nSPS) is 26.2. The highest BCUT2D eigenvalue weighted by Crippen LogP contribution is 2.45. The summed E-state index contributed by atoms with van der Waals surface area (Å²) in [5.74, 6) is 2.15. The Kier molecular flexibility index (Phi) is 4.18. The predicted molar refractivity (Wildman–Crippen MR) is 105 cm³/mol. The van der Waals surface area contributed by atoms with Gasteiger partial charge in [-0.05, 0) is 31.0 Å². The van der Waals surface area contributed by atoms with Crippen LogP contribution in [0.25, 0.3) is 11.3 Å². The van der Waals surface area contributed by atoms with E-state index in [-0.39, 0.29) is 16.7 Å². The maximum atomic E-state index is 11.0. The summed E-state index contributed by atoms with van der Waals surface area (Å²) in [6, 6.07) is 7.12. The van der Waals surface area contributed by atoms with Crippen LogP contribution in [0.5, 0.6) is 0 Å². The number of furan rings is 1. The number of nitro benzene ring substituents is 1. The van der Waals surface area contributed by atoms with Gasteiger partial charge in [0.05, 0.1) is 24.2 Å². The predicted octanol–water partition coefficient (Wildman–Crippen LogP) is 4.20. The number of non-ortho nitro benzene ring substituents is 1. The number of nitrogens with zero attached hydrogens (tertiary/aromatic N) is 2. The molecule has 1 aromatic carbocycles. The zero-order valence-corrected chi connectivity index (χ0v) is 15.7. The number of hydrogen-bond acceptors (Lipinski definition) is 5. The zero-order chi connectivity index (χ0) is 19.3. The molecule has 6 heteroatoms. The summed E-state index contributed by atoms with van der Waals surface area (Å²) in [7, 11) is 0. The minimum Gasteiger partial charge on any atom is -0.461 e. The number of aryl methyl sites for hydroxylation is 1. The largest absolute Gasteiger partial charge is 0.461 e. The number of morpholine rings is 1. The fourth-order valence-corrected chi connectivity index (χ4v) is 4.80. The van der Waals surface area contributed by atoms with Gasteiger partial charge in [0.2, 0.25) is 0 Å². The molecule has 1 fully saturated rings. The number of ether oxygens (including phenoxy) is 1. The topological polar surface area (TPSA) is 68.8 Å². The van der Waals surface area contributed by atoms with Crippen LogP contribution < -0.4 is 0 Å². The van der Waals surface area contributed by atoms with E-state index in [1.807, 2.05) is 6.92 Å². The zero-order valence-electron chi connectivity index (χ0n) is 15.7. The second kappa shape index (κ2) is 6.72. The Hall–Kier alpha value is -2.70. The molecule has 0 bridgehead atoms. The summed E-state index contributed by atoms with van der Waals surface area (Å²) >= 11 is 0. The molecule has 2 aromatic rings. The number of rotatable bonds is 2. The lowest BCUT2D eigenvalue weighted by Gasteiger charge is -2.41. The van der Waals surface area contributed by atoms with Crippen LogP contribution >= 0.6 is 0 Å². The monoisotopic (exact) mass is 378 g/mol. The van der Waals surface area contributed by atoms with E-state index in [1.165, 1.54) is 23.3 Å². The SMILES string of the molecule is Cc1oc(-c2ccc([N+](=O)[O-])cc2)c2c1CC1C=CC=CC1N1CCOC[C@@H]21. The van der Waals surface area contributed by atoms with E-state index in [0.29, 0.717) is 18.6 Å². The molecule has 3 atom stereocenters. The number of benzene rings is 1. The van der Waals surface area contributed by atoms with Crippen LogP contribution in [0, 0.1) is 23.0 Å². The number of hydrogen-bond donors (Lipinski definition) is 0. The minimum absolute atomic E-state index is 0.0852. The van der Waals surface area contributed by atoms with Crippen LogP contribution in [0.15, 0.2) is 53.0 Å². The van der Waals surface area contributed by atoms with Crippen LogP contribution in [0.4, 0.5) is 5.69 Å². The van der Waals surface area contributed by atoms with Crippen molar-refractivity contribution in [3.8, 4) is 11.3 Å². The molecule has 28 heavy (non-hydrogen) atoms. The minimum atomic E-state index is -0.377. The van der Waals surface area contributed by atoms with Gasteiger partial charge in [-0.15, -0.1) is 0 Å². The molecule has 0 N–H and O–H groups in total. The molecule has 1 aromatic heterocycles. The molecule has 2 unspecified atom stereocenters. The van der Waals surface area contributed by atoms with Crippen molar-refractivity contribution >= 4 is 5.69 Å². The van der Waals surface area contributed by atoms with Gasteiger partial charge >= 0.3 is 0 Å². The van der Waals surface area contributed by atoms with Gasteiger partial charge in [-0.1, -0.05) is 24.3 Å². The molecule has 0 radical (unpaired) electrons. The maximum Gasteiger partial charge on any atom is 0.269 e. The molecule has 3 heterocycles. The highest BCUT2D eigenvalue weighted by molar-refractivity contribution is 5.67. The van der Waals surface area contributed by atoms with Gasteiger partial charge < -0.3 is 9.15 Å². The van der Waals surface area contributed by atoms with Gasteiger partial charge in [0, 0.05) is 41.8 Å². The lowest BCUT2D eigenvalue weighted by atomic mass is 9.88. The molecule has 0 amide bonds.